The van der Waals surface area contributed by atoms with E-state index in [1.165, 1.54) is 38.5 Å². The van der Waals surface area contributed by atoms with E-state index in [0.717, 1.165) is 11.8 Å². The van der Waals surface area contributed by atoms with Gasteiger partial charge in [-0.25, -0.2) is 0 Å². The van der Waals surface area contributed by atoms with Crippen LogP contribution in [0.1, 0.15) is 59.3 Å². The van der Waals surface area contributed by atoms with Crippen LogP contribution in [0.4, 0.5) is 0 Å². The molecule has 2 aliphatic carbocycles. The summed E-state index contributed by atoms with van der Waals surface area (Å²) in [7, 11) is 0. The molecule has 1 atom stereocenters. The molecule has 1 unspecified atom stereocenters. The van der Waals surface area contributed by atoms with Gasteiger partial charge in [0, 0.05) is 0 Å². The lowest BCUT2D eigenvalue weighted by molar-refractivity contribution is 0.203. The van der Waals surface area contributed by atoms with E-state index in [2.05, 4.69) is 20.8 Å². The minimum Gasteiger partial charge on any atom is -0.0599 e. The highest BCUT2D eigenvalue weighted by atomic mass is 14.5. The first-order valence-electron chi connectivity index (χ1n) is 5.94. The molecule has 2 rings (SSSR count). The van der Waals surface area contributed by atoms with Crippen LogP contribution in [-0.4, -0.2) is 0 Å². The summed E-state index contributed by atoms with van der Waals surface area (Å²) in [5.41, 5.74) is 0.529. The van der Waals surface area contributed by atoms with Gasteiger partial charge in [-0.3, -0.25) is 0 Å². The minimum atomic E-state index is 0.529. The van der Waals surface area contributed by atoms with Crippen LogP contribution in [0, 0.1) is 23.2 Å². The van der Waals surface area contributed by atoms with Crippen molar-refractivity contribution >= 4 is 0 Å². The van der Waals surface area contributed by atoms with Gasteiger partial charge in [0.25, 0.3) is 0 Å². The molecule has 0 saturated heterocycles. The second-order valence-electron chi connectivity index (χ2n) is 6.01. The second-order valence-corrected chi connectivity index (χ2v) is 6.01. The average Bonchev–Trinajstić information content (AvgIpc) is 2.29. The normalized spacial score (nSPS) is 32.1. The Morgan fingerprint density at radius 1 is 1.00 bits per heavy atom. The Morgan fingerprint density at radius 2 is 1.69 bits per heavy atom. The summed E-state index contributed by atoms with van der Waals surface area (Å²) in [6, 6.07) is 0. The van der Waals surface area contributed by atoms with Gasteiger partial charge in [-0.1, -0.05) is 33.6 Å². The summed E-state index contributed by atoms with van der Waals surface area (Å²) in [6.07, 6.45) is 8.88. The van der Waals surface area contributed by atoms with Crippen LogP contribution in [-0.2, 0) is 0 Å². The molecule has 0 bridgehead atoms. The fourth-order valence-electron chi connectivity index (χ4n) is 3.13. The highest BCUT2D eigenvalue weighted by Gasteiger charge is 2.41. The zero-order valence-corrected chi connectivity index (χ0v) is 9.40. The van der Waals surface area contributed by atoms with E-state index in [9.17, 15) is 0 Å². The SMILES string of the molecule is CC(C)(C)C1CCC[C]1C1CCC1. The van der Waals surface area contributed by atoms with Crippen molar-refractivity contribution in [3.05, 3.63) is 5.92 Å². The molecule has 13 heavy (non-hydrogen) atoms. The summed E-state index contributed by atoms with van der Waals surface area (Å²) in [6.45, 7) is 7.25. The van der Waals surface area contributed by atoms with Crippen LogP contribution >= 0.6 is 0 Å². The summed E-state index contributed by atoms with van der Waals surface area (Å²) >= 11 is 0. The maximum atomic E-state index is 2.42. The third-order valence-corrected chi connectivity index (χ3v) is 4.08. The molecule has 2 aliphatic rings. The summed E-state index contributed by atoms with van der Waals surface area (Å²) in [5, 5.41) is 0. The lowest BCUT2D eigenvalue weighted by Crippen LogP contribution is -2.30. The molecule has 0 aromatic rings. The van der Waals surface area contributed by atoms with Crippen molar-refractivity contribution in [3.8, 4) is 0 Å². The fourth-order valence-corrected chi connectivity index (χ4v) is 3.13. The van der Waals surface area contributed by atoms with Crippen LogP contribution in [0.25, 0.3) is 0 Å². The van der Waals surface area contributed by atoms with Crippen LogP contribution < -0.4 is 0 Å². The maximum Gasteiger partial charge on any atom is -0.0174 e. The predicted molar refractivity (Wildman–Crippen MR) is 57.4 cm³/mol. The van der Waals surface area contributed by atoms with Gasteiger partial charge in [-0.2, -0.15) is 0 Å². The number of hydrogen-bond acceptors (Lipinski definition) is 0. The molecule has 0 nitrogen and oxygen atoms in total. The Balaban J connectivity index is 2.01. The third-order valence-electron chi connectivity index (χ3n) is 4.08. The topological polar surface area (TPSA) is 0 Å². The molecule has 0 aromatic carbocycles. The van der Waals surface area contributed by atoms with Crippen molar-refractivity contribution in [1.82, 2.24) is 0 Å². The summed E-state index contributed by atoms with van der Waals surface area (Å²) < 4.78 is 0. The van der Waals surface area contributed by atoms with E-state index < -0.39 is 0 Å². The first kappa shape index (κ1) is 9.55. The Morgan fingerprint density at radius 3 is 2.15 bits per heavy atom. The Bertz CT molecular complexity index is 171. The molecule has 0 N–H and O–H groups in total. The van der Waals surface area contributed by atoms with E-state index in [1.807, 2.05) is 5.92 Å². The van der Waals surface area contributed by atoms with Crippen LogP contribution in [0.3, 0.4) is 0 Å². The quantitative estimate of drug-likeness (QED) is 0.565. The predicted octanol–water partition coefficient (Wildman–Crippen LogP) is 4.21. The van der Waals surface area contributed by atoms with Gasteiger partial charge in [0.15, 0.2) is 0 Å². The second kappa shape index (κ2) is 3.29. The molecule has 0 spiro atoms. The van der Waals surface area contributed by atoms with Crippen LogP contribution in [0.2, 0.25) is 0 Å². The first-order valence-corrected chi connectivity index (χ1v) is 5.94. The van der Waals surface area contributed by atoms with Gasteiger partial charge < -0.3 is 0 Å². The monoisotopic (exact) mass is 179 g/mol. The molecular weight excluding hydrogens is 156 g/mol. The summed E-state index contributed by atoms with van der Waals surface area (Å²) in [5.74, 6) is 3.92. The van der Waals surface area contributed by atoms with Gasteiger partial charge >= 0.3 is 0 Å². The van der Waals surface area contributed by atoms with Gasteiger partial charge in [0.1, 0.15) is 0 Å². The minimum absolute atomic E-state index is 0.529. The van der Waals surface area contributed by atoms with Crippen molar-refractivity contribution in [1.29, 1.82) is 0 Å². The Labute approximate surface area is 83.1 Å². The number of hydrogen-bond donors (Lipinski definition) is 0. The highest BCUT2D eigenvalue weighted by molar-refractivity contribution is 5.11. The molecule has 75 valence electrons. The van der Waals surface area contributed by atoms with Crippen LogP contribution in [0.15, 0.2) is 0 Å². The molecule has 1 radical (unpaired) electrons. The highest BCUT2D eigenvalue weighted by Crippen LogP contribution is 2.52. The Hall–Kier alpha value is 0. The third kappa shape index (κ3) is 1.78. The number of rotatable bonds is 1. The van der Waals surface area contributed by atoms with Crippen molar-refractivity contribution in [2.24, 2.45) is 17.3 Å². The molecular formula is C13H23. The van der Waals surface area contributed by atoms with Gasteiger partial charge in [0.05, 0.1) is 0 Å². The van der Waals surface area contributed by atoms with E-state index in [-0.39, 0.29) is 0 Å². The smallest absolute Gasteiger partial charge is 0.0174 e. The zero-order chi connectivity index (χ0) is 9.47. The van der Waals surface area contributed by atoms with E-state index in [4.69, 9.17) is 0 Å². The maximum absolute atomic E-state index is 2.42. The molecule has 0 aromatic heterocycles. The van der Waals surface area contributed by atoms with Crippen molar-refractivity contribution in [3.63, 3.8) is 0 Å². The van der Waals surface area contributed by atoms with Crippen LogP contribution in [0.5, 0.6) is 0 Å². The lowest BCUT2D eigenvalue weighted by atomic mass is 9.65. The van der Waals surface area contributed by atoms with Crippen molar-refractivity contribution < 1.29 is 0 Å². The average molecular weight is 179 g/mol. The standard InChI is InChI=1S/C13H23/c1-13(2,3)12-9-5-8-11(12)10-6-4-7-10/h10,12H,4-9H2,1-3H3. The van der Waals surface area contributed by atoms with Crippen molar-refractivity contribution in [2.75, 3.05) is 0 Å². The Kier molecular flexibility index (Phi) is 2.42. The summed E-state index contributed by atoms with van der Waals surface area (Å²) in [4.78, 5) is 0. The molecule has 2 fully saturated rings. The zero-order valence-electron chi connectivity index (χ0n) is 9.40. The van der Waals surface area contributed by atoms with Crippen molar-refractivity contribution in [2.45, 2.75) is 59.3 Å². The van der Waals surface area contributed by atoms with Gasteiger partial charge in [-0.15, -0.1) is 0 Å². The molecule has 2 saturated carbocycles. The lowest BCUT2D eigenvalue weighted by Gasteiger charge is -2.40. The fraction of sp³-hybridized carbons (Fsp3) is 0.923. The molecule has 0 heteroatoms. The van der Waals surface area contributed by atoms with Gasteiger partial charge in [0.2, 0.25) is 0 Å². The van der Waals surface area contributed by atoms with E-state index in [0.29, 0.717) is 5.41 Å². The first-order chi connectivity index (χ1) is 6.09. The van der Waals surface area contributed by atoms with E-state index in [1.54, 1.807) is 0 Å². The van der Waals surface area contributed by atoms with Gasteiger partial charge in [-0.05, 0) is 48.9 Å². The van der Waals surface area contributed by atoms with E-state index >= 15 is 0 Å². The molecule has 0 amide bonds. The largest absolute Gasteiger partial charge is 0.0599 e. The molecule has 0 aliphatic heterocycles. The molecule has 0 heterocycles.